The molecule has 2 aromatic carbocycles. The number of fused-ring (bicyclic) bond motifs is 1. The standard InChI is InChI=1S/C20H12ClF2N3O3S/c21-15-9-13(26-30(27,28)19-16(22)5-3-6-17(19)23)10-25-20(15)29-14-8-12-4-1-2-7-18(12)24-11-14/h1-11,26H. The smallest absolute Gasteiger partial charge is 0.267 e. The minimum Gasteiger partial charge on any atom is -0.436 e. The van der Waals surface area contributed by atoms with E-state index in [9.17, 15) is 17.2 Å². The van der Waals surface area contributed by atoms with E-state index in [0.717, 1.165) is 35.3 Å². The van der Waals surface area contributed by atoms with Gasteiger partial charge in [-0.1, -0.05) is 35.9 Å². The Kier molecular flexibility index (Phi) is 5.23. The highest BCUT2D eigenvalue weighted by molar-refractivity contribution is 7.92. The average Bonchev–Trinajstić information content (AvgIpc) is 2.69. The van der Waals surface area contributed by atoms with E-state index in [1.807, 2.05) is 29.0 Å². The van der Waals surface area contributed by atoms with Crippen LogP contribution in [0.5, 0.6) is 11.6 Å². The van der Waals surface area contributed by atoms with Crippen LogP contribution in [0.15, 0.2) is 71.9 Å². The second-order valence-corrected chi connectivity index (χ2v) is 8.16. The zero-order valence-corrected chi connectivity index (χ0v) is 16.6. The Hall–Kier alpha value is -3.30. The van der Waals surface area contributed by atoms with Crippen LogP contribution in [-0.4, -0.2) is 18.4 Å². The summed E-state index contributed by atoms with van der Waals surface area (Å²) in [5.41, 5.74) is 0.695. The number of anilines is 1. The van der Waals surface area contributed by atoms with Crippen molar-refractivity contribution in [3.63, 3.8) is 0 Å². The first-order valence-corrected chi connectivity index (χ1v) is 10.3. The predicted molar refractivity (Wildman–Crippen MR) is 108 cm³/mol. The van der Waals surface area contributed by atoms with E-state index in [1.165, 1.54) is 12.3 Å². The summed E-state index contributed by atoms with van der Waals surface area (Å²) < 4.78 is 60.0. The summed E-state index contributed by atoms with van der Waals surface area (Å²) in [5.74, 6) is -2.05. The molecule has 0 radical (unpaired) electrons. The summed E-state index contributed by atoms with van der Waals surface area (Å²) in [4.78, 5) is 7.15. The van der Waals surface area contributed by atoms with Gasteiger partial charge < -0.3 is 4.74 Å². The highest BCUT2D eigenvalue weighted by atomic mass is 35.5. The summed E-state index contributed by atoms with van der Waals surface area (Å²) >= 11 is 6.14. The third-order valence-electron chi connectivity index (χ3n) is 4.03. The van der Waals surface area contributed by atoms with Crippen molar-refractivity contribution in [3.8, 4) is 11.6 Å². The Balaban J connectivity index is 1.58. The van der Waals surface area contributed by atoms with E-state index in [1.54, 1.807) is 6.07 Å². The SMILES string of the molecule is O=S(=O)(Nc1cnc(Oc2cnc3ccccc3c2)c(Cl)c1)c1c(F)cccc1F. The molecule has 0 aliphatic rings. The molecule has 10 heteroatoms. The van der Waals surface area contributed by atoms with Crippen molar-refractivity contribution in [1.82, 2.24) is 9.97 Å². The van der Waals surface area contributed by atoms with Crippen LogP contribution < -0.4 is 9.46 Å². The average molecular weight is 448 g/mol. The molecule has 0 aliphatic heterocycles. The van der Waals surface area contributed by atoms with Crippen LogP contribution in [0.1, 0.15) is 0 Å². The number of nitrogens with zero attached hydrogens (tertiary/aromatic N) is 2. The Morgan fingerprint density at radius 2 is 1.67 bits per heavy atom. The van der Waals surface area contributed by atoms with Crippen molar-refractivity contribution in [2.45, 2.75) is 4.90 Å². The van der Waals surface area contributed by atoms with Crippen molar-refractivity contribution >= 4 is 38.2 Å². The molecule has 30 heavy (non-hydrogen) atoms. The summed E-state index contributed by atoms with van der Waals surface area (Å²) in [6, 6.07) is 13.2. The molecule has 0 fully saturated rings. The summed E-state index contributed by atoms with van der Waals surface area (Å²) in [7, 11) is -4.54. The second kappa shape index (κ2) is 7.85. The predicted octanol–water partition coefficient (Wildman–Crippen LogP) is 5.15. The largest absolute Gasteiger partial charge is 0.436 e. The normalized spacial score (nSPS) is 11.4. The van der Waals surface area contributed by atoms with Gasteiger partial charge in [0.1, 0.15) is 22.4 Å². The van der Waals surface area contributed by atoms with Crippen LogP contribution in [0.25, 0.3) is 10.9 Å². The number of ether oxygens (including phenoxy) is 1. The van der Waals surface area contributed by atoms with Crippen LogP contribution in [0.2, 0.25) is 5.02 Å². The molecule has 2 aromatic heterocycles. The van der Waals surface area contributed by atoms with E-state index in [-0.39, 0.29) is 16.6 Å². The molecular formula is C20H12ClF2N3O3S. The molecule has 0 amide bonds. The maximum atomic E-state index is 13.8. The molecule has 0 saturated heterocycles. The zero-order chi connectivity index (χ0) is 21.3. The van der Waals surface area contributed by atoms with E-state index in [2.05, 4.69) is 9.97 Å². The minimum atomic E-state index is -4.54. The number of nitrogens with one attached hydrogen (secondary N) is 1. The van der Waals surface area contributed by atoms with E-state index in [4.69, 9.17) is 16.3 Å². The Morgan fingerprint density at radius 1 is 0.933 bits per heavy atom. The number of benzene rings is 2. The minimum absolute atomic E-state index is 0.00812. The highest BCUT2D eigenvalue weighted by Gasteiger charge is 2.24. The van der Waals surface area contributed by atoms with Crippen molar-refractivity contribution in [1.29, 1.82) is 0 Å². The van der Waals surface area contributed by atoms with Gasteiger partial charge in [-0.05, 0) is 30.3 Å². The van der Waals surface area contributed by atoms with Gasteiger partial charge in [-0.3, -0.25) is 9.71 Å². The number of pyridine rings is 2. The molecule has 152 valence electrons. The van der Waals surface area contributed by atoms with Gasteiger partial charge in [-0.25, -0.2) is 22.2 Å². The third kappa shape index (κ3) is 4.03. The van der Waals surface area contributed by atoms with Gasteiger partial charge >= 0.3 is 0 Å². The van der Waals surface area contributed by atoms with Crippen molar-refractivity contribution in [3.05, 3.63) is 83.6 Å². The zero-order valence-electron chi connectivity index (χ0n) is 15.0. The number of halogens is 3. The Labute approximate surface area is 175 Å². The first-order valence-electron chi connectivity index (χ1n) is 8.48. The van der Waals surface area contributed by atoms with E-state index in [0.29, 0.717) is 5.75 Å². The van der Waals surface area contributed by atoms with Gasteiger partial charge in [-0.15, -0.1) is 0 Å². The van der Waals surface area contributed by atoms with Crippen LogP contribution in [0, 0.1) is 11.6 Å². The highest BCUT2D eigenvalue weighted by Crippen LogP contribution is 2.31. The maximum absolute atomic E-state index is 13.8. The first-order chi connectivity index (χ1) is 14.3. The topological polar surface area (TPSA) is 81.2 Å². The fourth-order valence-electron chi connectivity index (χ4n) is 2.72. The van der Waals surface area contributed by atoms with Gasteiger partial charge in [0.25, 0.3) is 10.0 Å². The lowest BCUT2D eigenvalue weighted by molar-refractivity contribution is 0.462. The molecule has 0 spiro atoms. The molecule has 4 rings (SSSR count). The molecular weight excluding hydrogens is 436 g/mol. The molecule has 0 saturated carbocycles. The van der Waals surface area contributed by atoms with Crippen molar-refractivity contribution < 1.29 is 21.9 Å². The number of para-hydroxylation sites is 1. The Bertz CT molecular complexity index is 1350. The molecule has 0 atom stereocenters. The van der Waals surface area contributed by atoms with Crippen LogP contribution in [0.3, 0.4) is 0 Å². The number of hydrogen-bond donors (Lipinski definition) is 1. The summed E-state index contributed by atoms with van der Waals surface area (Å²) in [6.45, 7) is 0. The third-order valence-corrected chi connectivity index (χ3v) is 5.73. The molecule has 2 heterocycles. The number of sulfonamides is 1. The monoisotopic (exact) mass is 447 g/mol. The van der Waals surface area contributed by atoms with Gasteiger partial charge in [0.2, 0.25) is 5.88 Å². The van der Waals surface area contributed by atoms with Crippen molar-refractivity contribution in [2.75, 3.05) is 4.72 Å². The molecule has 0 unspecified atom stereocenters. The van der Waals surface area contributed by atoms with Crippen LogP contribution in [0.4, 0.5) is 14.5 Å². The van der Waals surface area contributed by atoms with E-state index >= 15 is 0 Å². The number of hydrogen-bond acceptors (Lipinski definition) is 5. The van der Waals surface area contributed by atoms with Gasteiger partial charge in [0, 0.05) is 5.39 Å². The molecule has 0 aliphatic carbocycles. The fourth-order valence-corrected chi connectivity index (χ4v) is 4.10. The van der Waals surface area contributed by atoms with Crippen LogP contribution >= 0.6 is 11.6 Å². The lowest BCUT2D eigenvalue weighted by Crippen LogP contribution is -2.16. The first kappa shape index (κ1) is 20.0. The second-order valence-electron chi connectivity index (χ2n) is 6.13. The lowest BCUT2D eigenvalue weighted by atomic mass is 10.2. The number of aromatic nitrogens is 2. The van der Waals surface area contributed by atoms with Gasteiger partial charge in [0.15, 0.2) is 4.90 Å². The van der Waals surface area contributed by atoms with Gasteiger partial charge in [-0.2, -0.15) is 0 Å². The summed E-state index contributed by atoms with van der Waals surface area (Å²) in [6.07, 6.45) is 2.61. The maximum Gasteiger partial charge on any atom is 0.267 e. The molecule has 0 bridgehead atoms. The van der Waals surface area contributed by atoms with E-state index < -0.39 is 26.6 Å². The quantitative estimate of drug-likeness (QED) is 0.457. The lowest BCUT2D eigenvalue weighted by Gasteiger charge is -2.11. The Morgan fingerprint density at radius 3 is 2.40 bits per heavy atom. The molecule has 6 nitrogen and oxygen atoms in total. The van der Waals surface area contributed by atoms with Gasteiger partial charge in [0.05, 0.1) is 23.6 Å². The fraction of sp³-hybridized carbons (Fsp3) is 0. The van der Waals surface area contributed by atoms with Crippen LogP contribution in [-0.2, 0) is 10.0 Å². The summed E-state index contributed by atoms with van der Waals surface area (Å²) in [5, 5.41) is 0.833. The molecule has 1 N–H and O–H groups in total. The van der Waals surface area contributed by atoms with Crippen molar-refractivity contribution in [2.24, 2.45) is 0 Å². The number of rotatable bonds is 5. The molecule has 4 aromatic rings.